The Hall–Kier alpha value is -1.55. The number of ether oxygens (including phenoxy) is 1. The lowest BCUT2D eigenvalue weighted by molar-refractivity contribution is -0.141. The monoisotopic (exact) mass is 290 g/mol. The fourth-order valence-electron chi connectivity index (χ4n) is 2.51. The number of nitrogens with one attached hydrogen (secondary N) is 1. The Balaban J connectivity index is 2.15. The van der Waals surface area contributed by atoms with Crippen LogP contribution in [-0.2, 0) is 4.79 Å². The standard InChI is InChI=1S/C17H26N2O2/c1-12(2)16(17(20)19-9-7-18-8-10-19)21-15-11-13(3)5-6-14(15)4/h5-6,11-12,16,18H,7-10H2,1-4H3. The van der Waals surface area contributed by atoms with Crippen molar-refractivity contribution in [2.24, 2.45) is 5.92 Å². The summed E-state index contributed by atoms with van der Waals surface area (Å²) < 4.78 is 6.09. The quantitative estimate of drug-likeness (QED) is 0.924. The molecule has 21 heavy (non-hydrogen) atoms. The van der Waals surface area contributed by atoms with Crippen LogP contribution in [0.4, 0.5) is 0 Å². The van der Waals surface area contributed by atoms with E-state index in [1.165, 1.54) is 0 Å². The van der Waals surface area contributed by atoms with Gasteiger partial charge in [0.05, 0.1) is 0 Å². The highest BCUT2D eigenvalue weighted by molar-refractivity contribution is 5.81. The van der Waals surface area contributed by atoms with Gasteiger partial charge in [0.1, 0.15) is 5.75 Å². The van der Waals surface area contributed by atoms with E-state index in [2.05, 4.69) is 11.4 Å². The molecule has 1 unspecified atom stereocenters. The van der Waals surface area contributed by atoms with Gasteiger partial charge in [0, 0.05) is 26.2 Å². The molecule has 1 aliphatic rings. The van der Waals surface area contributed by atoms with Crippen molar-refractivity contribution >= 4 is 5.91 Å². The van der Waals surface area contributed by atoms with Gasteiger partial charge in [-0.25, -0.2) is 0 Å². The molecule has 1 aromatic carbocycles. The molecule has 116 valence electrons. The predicted octanol–water partition coefficient (Wildman–Crippen LogP) is 2.14. The summed E-state index contributed by atoms with van der Waals surface area (Å²) >= 11 is 0. The molecule has 0 radical (unpaired) electrons. The van der Waals surface area contributed by atoms with Crippen molar-refractivity contribution in [3.8, 4) is 5.75 Å². The summed E-state index contributed by atoms with van der Waals surface area (Å²) in [7, 11) is 0. The first-order valence-electron chi connectivity index (χ1n) is 7.72. The lowest BCUT2D eigenvalue weighted by Gasteiger charge is -2.32. The summed E-state index contributed by atoms with van der Waals surface area (Å²) in [5, 5.41) is 3.27. The third-order valence-corrected chi connectivity index (χ3v) is 3.88. The predicted molar refractivity (Wildman–Crippen MR) is 84.6 cm³/mol. The van der Waals surface area contributed by atoms with Gasteiger partial charge in [-0.1, -0.05) is 26.0 Å². The van der Waals surface area contributed by atoms with E-state index < -0.39 is 6.10 Å². The highest BCUT2D eigenvalue weighted by Gasteiger charge is 2.30. The molecular formula is C17H26N2O2. The van der Waals surface area contributed by atoms with E-state index in [-0.39, 0.29) is 11.8 Å². The van der Waals surface area contributed by atoms with Gasteiger partial charge in [0.15, 0.2) is 6.10 Å². The smallest absolute Gasteiger partial charge is 0.264 e. The molecule has 0 spiro atoms. The third kappa shape index (κ3) is 3.97. The van der Waals surface area contributed by atoms with Gasteiger partial charge in [-0.3, -0.25) is 4.79 Å². The number of amides is 1. The number of benzene rings is 1. The summed E-state index contributed by atoms with van der Waals surface area (Å²) in [4.78, 5) is 14.6. The second kappa shape index (κ2) is 6.94. The maximum Gasteiger partial charge on any atom is 0.264 e. The van der Waals surface area contributed by atoms with Crippen molar-refractivity contribution in [3.63, 3.8) is 0 Å². The molecule has 1 aliphatic heterocycles. The summed E-state index contributed by atoms with van der Waals surface area (Å²) in [5.74, 6) is 1.07. The topological polar surface area (TPSA) is 41.6 Å². The summed E-state index contributed by atoms with van der Waals surface area (Å²) in [5.41, 5.74) is 2.21. The Morgan fingerprint density at radius 3 is 2.52 bits per heavy atom. The van der Waals surface area contributed by atoms with Crippen LogP contribution in [0.15, 0.2) is 18.2 Å². The minimum absolute atomic E-state index is 0.104. The number of nitrogens with zero attached hydrogens (tertiary/aromatic N) is 1. The molecule has 0 aromatic heterocycles. The molecule has 1 N–H and O–H groups in total. The number of aryl methyl sites for hydroxylation is 2. The first kappa shape index (κ1) is 15.8. The van der Waals surface area contributed by atoms with Crippen molar-refractivity contribution in [2.45, 2.75) is 33.8 Å². The largest absolute Gasteiger partial charge is 0.480 e. The normalized spacial score (nSPS) is 16.9. The molecule has 0 saturated carbocycles. The Morgan fingerprint density at radius 2 is 1.90 bits per heavy atom. The van der Waals surface area contributed by atoms with Crippen LogP contribution in [0.1, 0.15) is 25.0 Å². The number of rotatable bonds is 4. The molecule has 2 rings (SSSR count). The molecule has 0 aliphatic carbocycles. The first-order chi connectivity index (χ1) is 9.99. The summed E-state index contributed by atoms with van der Waals surface area (Å²) in [6.07, 6.45) is -0.413. The second-order valence-electron chi connectivity index (χ2n) is 6.13. The zero-order chi connectivity index (χ0) is 15.4. The minimum Gasteiger partial charge on any atom is -0.480 e. The zero-order valence-corrected chi connectivity index (χ0v) is 13.5. The molecule has 1 atom stereocenters. The average Bonchev–Trinajstić information content (AvgIpc) is 2.48. The number of carbonyl (C=O) groups is 1. The van der Waals surface area contributed by atoms with Gasteiger partial charge in [-0.2, -0.15) is 0 Å². The van der Waals surface area contributed by atoms with Crippen molar-refractivity contribution in [2.75, 3.05) is 26.2 Å². The Labute approximate surface area is 127 Å². The van der Waals surface area contributed by atoms with E-state index in [1.807, 2.05) is 44.7 Å². The lowest BCUT2D eigenvalue weighted by atomic mass is 10.0. The van der Waals surface area contributed by atoms with Crippen LogP contribution in [0, 0.1) is 19.8 Å². The van der Waals surface area contributed by atoms with Crippen molar-refractivity contribution in [1.82, 2.24) is 10.2 Å². The Morgan fingerprint density at radius 1 is 1.24 bits per heavy atom. The van der Waals surface area contributed by atoms with Crippen LogP contribution in [0.3, 0.4) is 0 Å². The molecule has 1 saturated heterocycles. The SMILES string of the molecule is Cc1ccc(C)c(OC(C(=O)N2CCNCC2)C(C)C)c1. The van der Waals surface area contributed by atoms with Gasteiger partial charge in [0.25, 0.3) is 5.91 Å². The van der Waals surface area contributed by atoms with E-state index >= 15 is 0 Å². The van der Waals surface area contributed by atoms with E-state index in [1.54, 1.807) is 0 Å². The highest BCUT2D eigenvalue weighted by Crippen LogP contribution is 2.23. The molecule has 4 nitrogen and oxygen atoms in total. The Kier molecular flexibility index (Phi) is 5.23. The fourth-order valence-corrected chi connectivity index (χ4v) is 2.51. The molecule has 0 bridgehead atoms. The minimum atomic E-state index is -0.413. The summed E-state index contributed by atoms with van der Waals surface area (Å²) in [6.45, 7) is 11.4. The van der Waals surface area contributed by atoms with Crippen LogP contribution < -0.4 is 10.1 Å². The van der Waals surface area contributed by atoms with Gasteiger partial charge in [-0.15, -0.1) is 0 Å². The van der Waals surface area contributed by atoms with Crippen LogP contribution in [0.2, 0.25) is 0 Å². The van der Waals surface area contributed by atoms with Gasteiger partial charge in [0.2, 0.25) is 0 Å². The van der Waals surface area contributed by atoms with Crippen LogP contribution in [-0.4, -0.2) is 43.1 Å². The van der Waals surface area contributed by atoms with Crippen LogP contribution in [0.25, 0.3) is 0 Å². The van der Waals surface area contributed by atoms with Gasteiger partial charge >= 0.3 is 0 Å². The van der Waals surface area contributed by atoms with Crippen LogP contribution in [0.5, 0.6) is 5.75 Å². The molecule has 4 heteroatoms. The third-order valence-electron chi connectivity index (χ3n) is 3.88. The molecule has 1 fully saturated rings. The van der Waals surface area contributed by atoms with Crippen molar-refractivity contribution in [1.29, 1.82) is 0 Å². The summed E-state index contributed by atoms with van der Waals surface area (Å²) in [6, 6.07) is 6.11. The molecule has 1 amide bonds. The van der Waals surface area contributed by atoms with E-state index in [0.717, 1.165) is 43.1 Å². The van der Waals surface area contributed by atoms with Gasteiger partial charge in [-0.05, 0) is 37.0 Å². The number of hydrogen-bond donors (Lipinski definition) is 1. The fraction of sp³-hybridized carbons (Fsp3) is 0.588. The first-order valence-corrected chi connectivity index (χ1v) is 7.72. The number of carbonyl (C=O) groups excluding carboxylic acids is 1. The molecule has 1 aromatic rings. The second-order valence-corrected chi connectivity index (χ2v) is 6.13. The lowest BCUT2D eigenvalue weighted by Crippen LogP contribution is -2.52. The zero-order valence-electron chi connectivity index (χ0n) is 13.5. The van der Waals surface area contributed by atoms with Crippen LogP contribution >= 0.6 is 0 Å². The van der Waals surface area contributed by atoms with E-state index in [9.17, 15) is 4.79 Å². The van der Waals surface area contributed by atoms with E-state index in [0.29, 0.717) is 0 Å². The average molecular weight is 290 g/mol. The maximum atomic E-state index is 12.7. The number of hydrogen-bond acceptors (Lipinski definition) is 3. The molecular weight excluding hydrogens is 264 g/mol. The molecule has 1 heterocycles. The number of piperazine rings is 1. The maximum absolute atomic E-state index is 12.7. The van der Waals surface area contributed by atoms with Gasteiger partial charge < -0.3 is 15.0 Å². The highest BCUT2D eigenvalue weighted by atomic mass is 16.5. The van der Waals surface area contributed by atoms with Crippen molar-refractivity contribution in [3.05, 3.63) is 29.3 Å². The van der Waals surface area contributed by atoms with E-state index in [4.69, 9.17) is 4.74 Å². The van der Waals surface area contributed by atoms with Crippen molar-refractivity contribution < 1.29 is 9.53 Å². The Bertz CT molecular complexity index is 494.